The maximum Gasteiger partial charge on any atom is 0.407 e. The average molecular weight is 317 g/mol. The Morgan fingerprint density at radius 1 is 1.30 bits per heavy atom. The van der Waals surface area contributed by atoms with Gasteiger partial charge in [0.15, 0.2) is 5.79 Å². The van der Waals surface area contributed by atoms with Crippen LogP contribution >= 0.6 is 0 Å². The molecule has 5 nitrogen and oxygen atoms in total. The molecule has 1 fully saturated rings. The molecule has 1 N–H and O–H groups in total. The standard InChI is InChI=1S/C18H23NO4/c1-18(2)22-15-10-6-9-14(11-16(15)23-18)19-17(20)21-12-13-7-4-3-5-8-13/h3-8,10,14-16H,9,11-12H2,1-2H3,(H,19,20)/t14-,15-,16-/m0/s1. The van der Waals surface area contributed by atoms with Crippen molar-refractivity contribution in [3.63, 3.8) is 0 Å². The van der Waals surface area contributed by atoms with E-state index in [1.807, 2.05) is 56.3 Å². The van der Waals surface area contributed by atoms with E-state index in [0.29, 0.717) is 6.42 Å². The van der Waals surface area contributed by atoms with Crippen molar-refractivity contribution >= 4 is 6.09 Å². The van der Waals surface area contributed by atoms with E-state index in [1.165, 1.54) is 0 Å². The normalized spacial score (nSPS) is 28.7. The number of alkyl carbamates (subject to hydrolysis) is 1. The second-order valence-corrected chi connectivity index (χ2v) is 6.44. The third-order valence-electron chi connectivity index (χ3n) is 4.02. The molecular formula is C18H23NO4. The number of carbonyl (C=O) groups excluding carboxylic acids is 1. The molecule has 1 aromatic carbocycles. The van der Waals surface area contributed by atoms with E-state index >= 15 is 0 Å². The number of carbonyl (C=O) groups is 1. The zero-order valence-corrected chi connectivity index (χ0v) is 13.5. The first kappa shape index (κ1) is 16.0. The number of hydrogen-bond donors (Lipinski definition) is 1. The quantitative estimate of drug-likeness (QED) is 0.870. The van der Waals surface area contributed by atoms with Crippen molar-refractivity contribution in [2.24, 2.45) is 0 Å². The highest BCUT2D eigenvalue weighted by Gasteiger charge is 2.41. The van der Waals surface area contributed by atoms with Crippen LogP contribution in [0.15, 0.2) is 42.5 Å². The fourth-order valence-electron chi connectivity index (χ4n) is 3.01. The number of nitrogens with one attached hydrogen (secondary N) is 1. The number of rotatable bonds is 3. The first-order valence-corrected chi connectivity index (χ1v) is 8.01. The molecule has 1 amide bonds. The lowest BCUT2D eigenvalue weighted by Gasteiger charge is -2.21. The molecule has 1 aromatic rings. The van der Waals surface area contributed by atoms with E-state index in [0.717, 1.165) is 12.0 Å². The van der Waals surface area contributed by atoms with Gasteiger partial charge in [-0.1, -0.05) is 42.5 Å². The van der Waals surface area contributed by atoms with Crippen molar-refractivity contribution in [2.45, 2.75) is 57.3 Å². The lowest BCUT2D eigenvalue weighted by Crippen LogP contribution is -2.38. The van der Waals surface area contributed by atoms with E-state index < -0.39 is 11.9 Å². The smallest absolute Gasteiger partial charge is 0.407 e. The fraction of sp³-hybridized carbons (Fsp3) is 0.500. The summed E-state index contributed by atoms with van der Waals surface area (Å²) in [5.41, 5.74) is 0.970. The molecule has 1 saturated heterocycles. The van der Waals surface area contributed by atoms with E-state index in [2.05, 4.69) is 5.32 Å². The zero-order valence-electron chi connectivity index (χ0n) is 13.5. The Morgan fingerprint density at radius 2 is 2.09 bits per heavy atom. The minimum absolute atomic E-state index is 0.0120. The monoisotopic (exact) mass is 317 g/mol. The molecule has 0 aromatic heterocycles. The van der Waals surface area contributed by atoms with Gasteiger partial charge in [0.05, 0.1) is 6.10 Å². The molecule has 3 atom stereocenters. The summed E-state index contributed by atoms with van der Waals surface area (Å²) < 4.78 is 17.0. The Kier molecular flexibility index (Phi) is 4.68. The largest absolute Gasteiger partial charge is 0.445 e. The number of ether oxygens (including phenoxy) is 3. The van der Waals surface area contributed by atoms with Crippen molar-refractivity contribution in [1.29, 1.82) is 0 Å². The summed E-state index contributed by atoms with van der Waals surface area (Å²) in [6.45, 7) is 4.09. The third kappa shape index (κ3) is 4.33. The van der Waals surface area contributed by atoms with Crippen LogP contribution in [0, 0.1) is 0 Å². The lowest BCUT2D eigenvalue weighted by atomic mass is 10.1. The number of benzene rings is 1. The summed E-state index contributed by atoms with van der Waals surface area (Å²) in [4.78, 5) is 12.0. The van der Waals surface area contributed by atoms with Crippen LogP contribution in [0.4, 0.5) is 4.79 Å². The van der Waals surface area contributed by atoms with Crippen LogP contribution in [0.25, 0.3) is 0 Å². The lowest BCUT2D eigenvalue weighted by molar-refractivity contribution is -0.144. The minimum Gasteiger partial charge on any atom is -0.445 e. The molecule has 23 heavy (non-hydrogen) atoms. The molecule has 124 valence electrons. The summed E-state index contributed by atoms with van der Waals surface area (Å²) in [5.74, 6) is -0.574. The molecule has 2 aliphatic rings. The highest BCUT2D eigenvalue weighted by atomic mass is 16.7. The molecule has 0 spiro atoms. The Hall–Kier alpha value is -1.85. The van der Waals surface area contributed by atoms with Crippen molar-refractivity contribution in [3.05, 3.63) is 48.0 Å². The zero-order chi connectivity index (χ0) is 16.3. The molecule has 1 aliphatic carbocycles. The second-order valence-electron chi connectivity index (χ2n) is 6.44. The Bertz CT molecular complexity index is 570. The second kappa shape index (κ2) is 6.72. The van der Waals surface area contributed by atoms with Crippen LogP contribution in [0.1, 0.15) is 32.3 Å². The van der Waals surface area contributed by atoms with Crippen molar-refractivity contribution < 1.29 is 19.0 Å². The van der Waals surface area contributed by atoms with Crippen LogP contribution in [0.5, 0.6) is 0 Å². The van der Waals surface area contributed by atoms with Gasteiger partial charge in [-0.3, -0.25) is 0 Å². The summed E-state index contributed by atoms with van der Waals surface area (Å²) in [6.07, 6.45) is 5.04. The highest BCUT2D eigenvalue weighted by molar-refractivity contribution is 5.67. The maximum atomic E-state index is 12.0. The Morgan fingerprint density at radius 3 is 2.87 bits per heavy atom. The van der Waals surface area contributed by atoms with Gasteiger partial charge in [0.2, 0.25) is 0 Å². The summed E-state index contributed by atoms with van der Waals surface area (Å²) in [5, 5.41) is 2.92. The Labute approximate surface area is 136 Å². The van der Waals surface area contributed by atoms with Crippen molar-refractivity contribution in [3.8, 4) is 0 Å². The van der Waals surface area contributed by atoms with Gasteiger partial charge in [0.1, 0.15) is 12.7 Å². The minimum atomic E-state index is -0.574. The van der Waals surface area contributed by atoms with Crippen LogP contribution in [-0.2, 0) is 20.8 Å². The fourth-order valence-corrected chi connectivity index (χ4v) is 3.01. The third-order valence-corrected chi connectivity index (χ3v) is 4.02. The summed E-state index contributed by atoms with van der Waals surface area (Å²) in [6, 6.07) is 9.62. The highest BCUT2D eigenvalue weighted by Crippen LogP contribution is 2.33. The van der Waals surface area contributed by atoms with E-state index in [-0.39, 0.29) is 24.9 Å². The van der Waals surface area contributed by atoms with Gasteiger partial charge >= 0.3 is 6.09 Å². The van der Waals surface area contributed by atoms with Gasteiger partial charge < -0.3 is 19.5 Å². The number of hydrogen-bond acceptors (Lipinski definition) is 4. The van der Waals surface area contributed by atoms with E-state index in [9.17, 15) is 4.79 Å². The van der Waals surface area contributed by atoms with Gasteiger partial charge in [-0.2, -0.15) is 0 Å². The van der Waals surface area contributed by atoms with Gasteiger partial charge in [0, 0.05) is 6.04 Å². The van der Waals surface area contributed by atoms with Gasteiger partial charge in [-0.15, -0.1) is 0 Å². The van der Waals surface area contributed by atoms with E-state index in [4.69, 9.17) is 14.2 Å². The van der Waals surface area contributed by atoms with Crippen molar-refractivity contribution in [1.82, 2.24) is 5.32 Å². The number of fused-ring (bicyclic) bond motifs is 1. The average Bonchev–Trinajstić information content (AvgIpc) is 2.68. The van der Waals surface area contributed by atoms with Crippen LogP contribution in [-0.4, -0.2) is 30.1 Å². The Balaban J connectivity index is 1.50. The molecule has 1 aliphatic heterocycles. The van der Waals surface area contributed by atoms with Crippen LogP contribution in [0.2, 0.25) is 0 Å². The SMILES string of the molecule is CC1(C)O[C@H]2C=CC[C@H](NC(=O)OCc3ccccc3)C[C@@H]2O1. The van der Waals surface area contributed by atoms with Crippen LogP contribution < -0.4 is 5.32 Å². The topological polar surface area (TPSA) is 56.8 Å². The molecule has 1 heterocycles. The molecule has 0 unspecified atom stereocenters. The molecule has 3 rings (SSSR count). The molecular weight excluding hydrogens is 294 g/mol. The van der Waals surface area contributed by atoms with Crippen LogP contribution in [0.3, 0.4) is 0 Å². The first-order chi connectivity index (χ1) is 11.0. The molecule has 0 saturated carbocycles. The predicted octanol–water partition coefficient (Wildman–Crippen LogP) is 3.15. The summed E-state index contributed by atoms with van der Waals surface area (Å²) >= 11 is 0. The number of amides is 1. The summed E-state index contributed by atoms with van der Waals surface area (Å²) in [7, 11) is 0. The first-order valence-electron chi connectivity index (χ1n) is 8.01. The van der Waals surface area contributed by atoms with Gasteiger partial charge in [-0.25, -0.2) is 4.79 Å². The van der Waals surface area contributed by atoms with Gasteiger partial charge in [0.25, 0.3) is 0 Å². The van der Waals surface area contributed by atoms with E-state index in [1.54, 1.807) is 0 Å². The maximum absolute atomic E-state index is 12.0. The van der Waals surface area contributed by atoms with Crippen molar-refractivity contribution in [2.75, 3.05) is 0 Å². The predicted molar refractivity (Wildman–Crippen MR) is 85.7 cm³/mol. The molecule has 5 heteroatoms. The van der Waals surface area contributed by atoms with Gasteiger partial charge in [-0.05, 0) is 32.3 Å². The molecule has 0 bridgehead atoms. The molecule has 0 radical (unpaired) electrons.